The van der Waals surface area contributed by atoms with Crippen LogP contribution < -0.4 is 10.9 Å². The predicted octanol–water partition coefficient (Wildman–Crippen LogP) is 4.14. The molecule has 1 N–H and O–H groups in total. The molecule has 1 aromatic rings. The molecule has 0 aliphatic heterocycles. The lowest BCUT2D eigenvalue weighted by molar-refractivity contribution is 0.201. The van der Waals surface area contributed by atoms with Gasteiger partial charge in [0.15, 0.2) is 0 Å². The van der Waals surface area contributed by atoms with E-state index in [2.05, 4.69) is 5.32 Å². The molecule has 0 aliphatic carbocycles. The third-order valence-corrected chi connectivity index (χ3v) is 4.69. The molecule has 0 fully saturated rings. The first-order valence-electron chi connectivity index (χ1n) is 7.73. The van der Waals surface area contributed by atoms with Gasteiger partial charge in [0.25, 0.3) is 0 Å². The van der Waals surface area contributed by atoms with Gasteiger partial charge in [-0.2, -0.15) is 0 Å². The van der Waals surface area contributed by atoms with Crippen LogP contribution in [0.3, 0.4) is 0 Å². The van der Waals surface area contributed by atoms with E-state index >= 15 is 0 Å². The second kappa shape index (κ2) is 9.82. The molecule has 1 heterocycles. The van der Waals surface area contributed by atoms with Crippen molar-refractivity contribution in [1.29, 1.82) is 0 Å². The molecule has 0 saturated heterocycles. The van der Waals surface area contributed by atoms with Gasteiger partial charge in [0.1, 0.15) is 17.7 Å². The Hall–Kier alpha value is -1.10. The Bertz CT molecular complexity index is 529. The lowest BCUT2D eigenvalue weighted by atomic mass is 10.4. The Morgan fingerprint density at radius 1 is 1.14 bits per heavy atom. The molecule has 1 rings (SSSR count). The second-order valence-corrected chi connectivity index (χ2v) is 7.12. The zero-order valence-corrected chi connectivity index (χ0v) is 14.5. The van der Waals surface area contributed by atoms with Crippen molar-refractivity contribution in [1.82, 2.24) is 0 Å². The van der Waals surface area contributed by atoms with Gasteiger partial charge < -0.3 is 18.8 Å². The van der Waals surface area contributed by atoms with Crippen LogP contribution in [0.2, 0.25) is 0 Å². The summed E-state index contributed by atoms with van der Waals surface area (Å²) in [6.07, 6.45) is 3.48. The van der Waals surface area contributed by atoms with E-state index in [-0.39, 0.29) is 12.0 Å². The van der Waals surface area contributed by atoms with E-state index in [0.717, 1.165) is 25.7 Å². The molecule has 0 atom stereocenters. The summed E-state index contributed by atoms with van der Waals surface area (Å²) in [5.41, 5.74) is -0.238. The van der Waals surface area contributed by atoms with Crippen molar-refractivity contribution >= 4 is 13.3 Å². The van der Waals surface area contributed by atoms with E-state index < -0.39 is 13.2 Å². The molecular formula is C15H26NO5P. The number of anilines is 1. The molecule has 0 spiro atoms. The third-order valence-electron chi connectivity index (χ3n) is 2.99. The van der Waals surface area contributed by atoms with Gasteiger partial charge in [-0.1, -0.05) is 26.7 Å². The first kappa shape index (κ1) is 18.9. The molecule has 0 unspecified atom stereocenters. The highest BCUT2D eigenvalue weighted by molar-refractivity contribution is 7.53. The van der Waals surface area contributed by atoms with Crippen LogP contribution in [0.25, 0.3) is 0 Å². The van der Waals surface area contributed by atoms with Crippen LogP contribution in [-0.4, -0.2) is 19.5 Å². The first-order valence-corrected chi connectivity index (χ1v) is 9.46. The van der Waals surface area contributed by atoms with E-state index in [1.807, 2.05) is 13.8 Å². The molecular weight excluding hydrogens is 305 g/mol. The molecule has 0 aliphatic rings. The number of unbranched alkanes of at least 4 members (excludes halogenated alkanes) is 2. The standard InChI is InChI=1S/C15H26NO5P/c1-4-6-10-19-22(18,20-11-7-5-2)12-16-14-9-8-13(3)21-15(14)17/h8-9,16H,4-7,10-12H2,1-3H3. The zero-order chi connectivity index (χ0) is 16.4. The smallest absolute Gasteiger partial charge is 0.359 e. The fraction of sp³-hybridized carbons (Fsp3) is 0.667. The molecule has 0 bridgehead atoms. The van der Waals surface area contributed by atoms with Gasteiger partial charge in [0, 0.05) is 0 Å². The second-order valence-electron chi connectivity index (χ2n) is 5.07. The summed E-state index contributed by atoms with van der Waals surface area (Å²) in [6.45, 7) is 6.51. The Kier molecular flexibility index (Phi) is 8.46. The fourth-order valence-electron chi connectivity index (χ4n) is 1.64. The lowest BCUT2D eigenvalue weighted by Gasteiger charge is -2.19. The maximum absolute atomic E-state index is 12.7. The summed E-state index contributed by atoms with van der Waals surface area (Å²) in [7, 11) is -3.27. The van der Waals surface area contributed by atoms with Crippen LogP contribution in [0.4, 0.5) is 5.69 Å². The van der Waals surface area contributed by atoms with Crippen LogP contribution >= 0.6 is 7.60 Å². The predicted molar refractivity (Wildman–Crippen MR) is 87.5 cm³/mol. The van der Waals surface area contributed by atoms with Gasteiger partial charge in [-0.05, 0) is 31.9 Å². The SMILES string of the molecule is CCCCOP(=O)(CNc1ccc(C)oc1=O)OCCCC. The third kappa shape index (κ3) is 6.77. The molecule has 0 saturated carbocycles. The maximum atomic E-state index is 12.7. The number of nitrogens with one attached hydrogen (secondary N) is 1. The minimum absolute atomic E-state index is 0.0474. The molecule has 126 valence electrons. The van der Waals surface area contributed by atoms with Crippen molar-refractivity contribution in [2.24, 2.45) is 0 Å². The van der Waals surface area contributed by atoms with Gasteiger partial charge >= 0.3 is 13.2 Å². The molecule has 22 heavy (non-hydrogen) atoms. The minimum Gasteiger partial charge on any atom is -0.427 e. The van der Waals surface area contributed by atoms with Gasteiger partial charge in [0.05, 0.1) is 13.2 Å². The topological polar surface area (TPSA) is 77.8 Å². The lowest BCUT2D eigenvalue weighted by Crippen LogP contribution is -2.14. The number of hydrogen-bond acceptors (Lipinski definition) is 6. The van der Waals surface area contributed by atoms with Crippen molar-refractivity contribution in [2.75, 3.05) is 24.8 Å². The van der Waals surface area contributed by atoms with Crippen molar-refractivity contribution in [2.45, 2.75) is 46.5 Å². The number of aryl methyl sites for hydroxylation is 1. The van der Waals surface area contributed by atoms with Crippen molar-refractivity contribution in [3.63, 3.8) is 0 Å². The van der Waals surface area contributed by atoms with E-state index in [0.29, 0.717) is 19.0 Å². The molecule has 1 aromatic heterocycles. The maximum Gasteiger partial charge on any atom is 0.359 e. The van der Waals surface area contributed by atoms with Crippen LogP contribution in [-0.2, 0) is 13.6 Å². The summed E-state index contributed by atoms with van der Waals surface area (Å²) in [5.74, 6) is 0.525. The highest BCUT2D eigenvalue weighted by Crippen LogP contribution is 2.48. The average molecular weight is 331 g/mol. The van der Waals surface area contributed by atoms with Crippen LogP contribution in [0.15, 0.2) is 21.3 Å². The van der Waals surface area contributed by atoms with Gasteiger partial charge in [0.2, 0.25) is 0 Å². The normalized spacial score (nSPS) is 11.6. The molecule has 7 heteroatoms. The Morgan fingerprint density at radius 2 is 1.73 bits per heavy atom. The van der Waals surface area contributed by atoms with Crippen LogP contribution in [0, 0.1) is 6.92 Å². The molecule has 0 aromatic carbocycles. The molecule has 0 radical (unpaired) electrons. The Morgan fingerprint density at radius 3 is 2.23 bits per heavy atom. The monoisotopic (exact) mass is 331 g/mol. The Labute approximate surface area is 131 Å². The minimum atomic E-state index is -3.27. The highest BCUT2D eigenvalue weighted by Gasteiger charge is 2.24. The summed E-state index contributed by atoms with van der Waals surface area (Å²) < 4.78 is 28.5. The highest BCUT2D eigenvalue weighted by atomic mass is 31.2. The number of rotatable bonds is 11. The van der Waals surface area contributed by atoms with E-state index in [1.54, 1.807) is 19.1 Å². The summed E-state index contributed by atoms with van der Waals surface area (Å²) in [4.78, 5) is 11.7. The molecule has 0 amide bonds. The summed E-state index contributed by atoms with van der Waals surface area (Å²) >= 11 is 0. The van der Waals surface area contributed by atoms with E-state index in [4.69, 9.17) is 13.5 Å². The van der Waals surface area contributed by atoms with Crippen molar-refractivity contribution < 1.29 is 18.0 Å². The van der Waals surface area contributed by atoms with Gasteiger partial charge in [-0.3, -0.25) is 4.57 Å². The summed E-state index contributed by atoms with van der Waals surface area (Å²) in [6, 6.07) is 3.27. The van der Waals surface area contributed by atoms with E-state index in [1.165, 1.54) is 0 Å². The largest absolute Gasteiger partial charge is 0.427 e. The summed E-state index contributed by atoms with van der Waals surface area (Å²) in [5, 5.41) is 2.82. The average Bonchev–Trinajstić information content (AvgIpc) is 2.47. The quantitative estimate of drug-likeness (QED) is 0.485. The van der Waals surface area contributed by atoms with Crippen LogP contribution in [0.1, 0.15) is 45.3 Å². The van der Waals surface area contributed by atoms with Gasteiger partial charge in [-0.25, -0.2) is 4.79 Å². The zero-order valence-electron chi connectivity index (χ0n) is 13.6. The van der Waals surface area contributed by atoms with Gasteiger partial charge in [-0.15, -0.1) is 0 Å². The van der Waals surface area contributed by atoms with Crippen LogP contribution in [0.5, 0.6) is 0 Å². The molecule has 6 nitrogen and oxygen atoms in total. The van der Waals surface area contributed by atoms with Crippen molar-refractivity contribution in [3.8, 4) is 0 Å². The van der Waals surface area contributed by atoms with E-state index in [9.17, 15) is 9.36 Å². The number of hydrogen-bond donors (Lipinski definition) is 1. The first-order chi connectivity index (χ1) is 10.5. The van der Waals surface area contributed by atoms with Crippen molar-refractivity contribution in [3.05, 3.63) is 28.3 Å². The Balaban J connectivity index is 2.66. The fourth-order valence-corrected chi connectivity index (χ4v) is 3.08.